The van der Waals surface area contributed by atoms with Crippen LogP contribution >= 0.6 is 11.6 Å². The fourth-order valence-electron chi connectivity index (χ4n) is 1.56. The first-order valence-electron chi connectivity index (χ1n) is 5.70. The lowest BCUT2D eigenvalue weighted by Crippen LogP contribution is -2.20. The van der Waals surface area contributed by atoms with E-state index in [0.29, 0.717) is 5.69 Å². The minimum absolute atomic E-state index is 0.0552. The molecule has 1 aromatic carbocycles. The molecule has 0 fully saturated rings. The topological polar surface area (TPSA) is 72.2 Å². The Kier molecular flexibility index (Phi) is 5.09. The van der Waals surface area contributed by atoms with E-state index in [4.69, 9.17) is 11.6 Å². The molecule has 0 bridgehead atoms. The van der Waals surface area contributed by atoms with Crippen LogP contribution in [-0.4, -0.2) is 10.8 Å². The fraction of sp³-hybridized carbons (Fsp3) is 0.417. The number of carbonyl (C=O) groups is 1. The van der Waals surface area contributed by atoms with Crippen LogP contribution in [0.3, 0.4) is 0 Å². The van der Waals surface area contributed by atoms with Gasteiger partial charge in [-0.2, -0.15) is 0 Å². The maximum absolute atomic E-state index is 11.8. The van der Waals surface area contributed by atoms with Crippen LogP contribution in [0.25, 0.3) is 0 Å². The van der Waals surface area contributed by atoms with Gasteiger partial charge < -0.3 is 5.32 Å². The molecule has 0 unspecified atom stereocenters. The molecule has 98 valence electrons. The van der Waals surface area contributed by atoms with E-state index in [1.807, 2.05) is 13.8 Å². The third-order valence-electron chi connectivity index (χ3n) is 2.58. The van der Waals surface area contributed by atoms with Crippen LogP contribution in [0, 0.1) is 16.0 Å². The predicted molar refractivity (Wildman–Crippen MR) is 70.8 cm³/mol. The molecule has 6 heteroatoms. The summed E-state index contributed by atoms with van der Waals surface area (Å²) in [5, 5.41) is 13.4. The lowest BCUT2D eigenvalue weighted by atomic mass is 10.1. The van der Waals surface area contributed by atoms with E-state index in [1.165, 1.54) is 12.1 Å². The van der Waals surface area contributed by atoms with Gasteiger partial charge in [0.05, 0.1) is 4.92 Å². The zero-order chi connectivity index (χ0) is 13.7. The molecule has 1 atom stereocenters. The van der Waals surface area contributed by atoms with Crippen LogP contribution in [-0.2, 0) is 4.79 Å². The molecule has 1 rings (SSSR count). The quantitative estimate of drug-likeness (QED) is 0.656. The molecule has 0 aromatic heterocycles. The van der Waals surface area contributed by atoms with Crippen molar-refractivity contribution in [3.05, 3.63) is 33.3 Å². The molecule has 0 aliphatic heterocycles. The zero-order valence-corrected chi connectivity index (χ0v) is 11.0. The van der Waals surface area contributed by atoms with Crippen molar-refractivity contribution in [3.63, 3.8) is 0 Å². The first kappa shape index (κ1) is 14.4. The summed E-state index contributed by atoms with van der Waals surface area (Å²) in [5.41, 5.74) is 0.177. The average molecular weight is 271 g/mol. The molecule has 0 aliphatic carbocycles. The van der Waals surface area contributed by atoms with Crippen molar-refractivity contribution in [1.29, 1.82) is 0 Å². The van der Waals surface area contributed by atoms with Crippen molar-refractivity contribution < 1.29 is 9.72 Å². The van der Waals surface area contributed by atoms with Gasteiger partial charge in [-0.15, -0.1) is 0 Å². The highest BCUT2D eigenvalue weighted by Crippen LogP contribution is 2.27. The standard InChI is InChI=1S/C12H15ClN2O3/c1-3-4-8(2)12(16)14-9-5-6-10(13)11(7-9)15(17)18/h5-8H,3-4H2,1-2H3,(H,14,16)/t8-/m0/s1. The highest BCUT2D eigenvalue weighted by atomic mass is 35.5. The minimum Gasteiger partial charge on any atom is -0.326 e. The Bertz CT molecular complexity index is 463. The van der Waals surface area contributed by atoms with E-state index < -0.39 is 4.92 Å². The second-order valence-electron chi connectivity index (χ2n) is 4.10. The smallest absolute Gasteiger partial charge is 0.289 e. The number of hydrogen-bond acceptors (Lipinski definition) is 3. The summed E-state index contributed by atoms with van der Waals surface area (Å²) in [4.78, 5) is 21.9. The summed E-state index contributed by atoms with van der Waals surface area (Å²) in [6, 6.07) is 4.21. The van der Waals surface area contributed by atoms with Crippen molar-refractivity contribution in [1.82, 2.24) is 0 Å². The number of halogens is 1. The van der Waals surface area contributed by atoms with Crippen molar-refractivity contribution in [2.45, 2.75) is 26.7 Å². The predicted octanol–water partition coefficient (Wildman–Crippen LogP) is 3.62. The minimum atomic E-state index is -0.576. The van der Waals surface area contributed by atoms with Gasteiger partial charge in [0.1, 0.15) is 5.02 Å². The monoisotopic (exact) mass is 270 g/mol. The Morgan fingerprint density at radius 3 is 2.78 bits per heavy atom. The molecule has 18 heavy (non-hydrogen) atoms. The number of anilines is 1. The number of nitrogens with one attached hydrogen (secondary N) is 1. The number of carbonyl (C=O) groups excluding carboxylic acids is 1. The van der Waals surface area contributed by atoms with E-state index in [0.717, 1.165) is 12.8 Å². The molecule has 0 saturated heterocycles. The van der Waals surface area contributed by atoms with Gasteiger partial charge in [-0.3, -0.25) is 14.9 Å². The van der Waals surface area contributed by atoms with Gasteiger partial charge in [0.2, 0.25) is 5.91 Å². The molecule has 0 saturated carbocycles. The molecule has 1 amide bonds. The molecular formula is C12H15ClN2O3. The van der Waals surface area contributed by atoms with E-state index in [2.05, 4.69) is 5.32 Å². The number of nitrogens with zero attached hydrogens (tertiary/aromatic N) is 1. The lowest BCUT2D eigenvalue weighted by molar-refractivity contribution is -0.384. The second kappa shape index (κ2) is 6.35. The molecule has 1 aromatic rings. The van der Waals surface area contributed by atoms with Gasteiger partial charge in [0.25, 0.3) is 5.69 Å². The fourth-order valence-corrected chi connectivity index (χ4v) is 1.75. The van der Waals surface area contributed by atoms with Gasteiger partial charge in [0, 0.05) is 17.7 Å². The first-order valence-corrected chi connectivity index (χ1v) is 6.08. The molecule has 0 spiro atoms. The van der Waals surface area contributed by atoms with Crippen LogP contribution in [0.4, 0.5) is 11.4 Å². The highest BCUT2D eigenvalue weighted by Gasteiger charge is 2.16. The van der Waals surface area contributed by atoms with Crippen molar-refractivity contribution in [2.75, 3.05) is 5.32 Å². The van der Waals surface area contributed by atoms with Crippen molar-refractivity contribution in [3.8, 4) is 0 Å². The van der Waals surface area contributed by atoms with Crippen LogP contribution in [0.1, 0.15) is 26.7 Å². The van der Waals surface area contributed by atoms with Gasteiger partial charge in [-0.1, -0.05) is 31.9 Å². The summed E-state index contributed by atoms with van der Waals surface area (Å²) < 4.78 is 0. The van der Waals surface area contributed by atoms with Gasteiger partial charge in [-0.25, -0.2) is 0 Å². The third-order valence-corrected chi connectivity index (χ3v) is 2.90. The van der Waals surface area contributed by atoms with E-state index >= 15 is 0 Å². The molecule has 0 aliphatic rings. The van der Waals surface area contributed by atoms with Gasteiger partial charge in [0.15, 0.2) is 0 Å². The Morgan fingerprint density at radius 2 is 2.22 bits per heavy atom. The highest BCUT2D eigenvalue weighted by molar-refractivity contribution is 6.32. The molecule has 5 nitrogen and oxygen atoms in total. The second-order valence-corrected chi connectivity index (χ2v) is 4.51. The molecular weight excluding hydrogens is 256 g/mol. The maximum atomic E-state index is 11.8. The van der Waals surface area contributed by atoms with Crippen molar-refractivity contribution in [2.24, 2.45) is 5.92 Å². The van der Waals surface area contributed by atoms with Crippen LogP contribution in [0.5, 0.6) is 0 Å². The zero-order valence-electron chi connectivity index (χ0n) is 10.3. The summed E-state index contributed by atoms with van der Waals surface area (Å²) in [6.45, 7) is 3.82. The van der Waals surface area contributed by atoms with E-state index in [9.17, 15) is 14.9 Å². The molecule has 0 heterocycles. The largest absolute Gasteiger partial charge is 0.326 e. The Balaban J connectivity index is 2.82. The van der Waals surface area contributed by atoms with E-state index in [1.54, 1.807) is 6.07 Å². The Labute approximate surface area is 110 Å². The van der Waals surface area contributed by atoms with Crippen LogP contribution < -0.4 is 5.32 Å². The Hall–Kier alpha value is -1.62. The number of nitro benzene ring substituents is 1. The number of amides is 1. The first-order chi connectivity index (χ1) is 8.45. The average Bonchev–Trinajstić information content (AvgIpc) is 2.31. The SMILES string of the molecule is CCC[C@H](C)C(=O)Nc1ccc(Cl)c([N+](=O)[O-])c1. The number of nitro groups is 1. The number of rotatable bonds is 5. The summed E-state index contributed by atoms with van der Waals surface area (Å²) in [7, 11) is 0. The van der Waals surface area contributed by atoms with Crippen LogP contribution in [0.2, 0.25) is 5.02 Å². The summed E-state index contributed by atoms with van der Waals surface area (Å²) >= 11 is 5.69. The summed E-state index contributed by atoms with van der Waals surface area (Å²) in [5.74, 6) is -0.266. The molecule has 1 N–H and O–H groups in total. The van der Waals surface area contributed by atoms with Gasteiger partial charge in [-0.05, 0) is 18.6 Å². The van der Waals surface area contributed by atoms with Gasteiger partial charge >= 0.3 is 0 Å². The maximum Gasteiger partial charge on any atom is 0.289 e. The van der Waals surface area contributed by atoms with Crippen LogP contribution in [0.15, 0.2) is 18.2 Å². The number of benzene rings is 1. The molecule has 0 radical (unpaired) electrons. The van der Waals surface area contributed by atoms with E-state index in [-0.39, 0.29) is 22.5 Å². The van der Waals surface area contributed by atoms with Crippen molar-refractivity contribution >= 4 is 28.9 Å². The normalized spacial score (nSPS) is 11.9. The Morgan fingerprint density at radius 1 is 1.56 bits per heavy atom. The lowest BCUT2D eigenvalue weighted by Gasteiger charge is -2.11. The number of hydrogen-bond donors (Lipinski definition) is 1. The summed E-state index contributed by atoms with van der Waals surface area (Å²) in [6.07, 6.45) is 1.69. The third kappa shape index (κ3) is 3.70.